The lowest BCUT2D eigenvalue weighted by Crippen LogP contribution is -2.16. The van der Waals surface area contributed by atoms with Crippen LogP contribution >= 0.6 is 0 Å². The monoisotopic (exact) mass is 237 g/mol. The van der Waals surface area contributed by atoms with Crippen LogP contribution in [-0.4, -0.2) is 31.6 Å². The highest BCUT2D eigenvalue weighted by Gasteiger charge is 1.88. The Labute approximate surface area is 103 Å². The van der Waals surface area contributed by atoms with Crippen molar-refractivity contribution < 1.29 is 4.43 Å². The summed E-state index contributed by atoms with van der Waals surface area (Å²) in [5.74, 6) is 0. The molecule has 0 saturated carbocycles. The second-order valence-corrected chi connectivity index (χ2v) is 6.95. The third-order valence-corrected chi connectivity index (χ3v) is 4.46. The average molecular weight is 237 g/mol. The Morgan fingerprint density at radius 1 is 1.07 bits per heavy atom. The Bertz CT molecular complexity index is 214. The van der Waals surface area contributed by atoms with Crippen LogP contribution in [0.3, 0.4) is 0 Å². The minimum Gasteiger partial charge on any atom is -0.419 e. The lowest BCUT2D eigenvalue weighted by atomic mass is 10.4. The van der Waals surface area contributed by atoms with Crippen molar-refractivity contribution in [3.05, 3.63) is 30.3 Å². The maximum absolute atomic E-state index is 5.36. The molecule has 0 aliphatic heterocycles. The van der Waals surface area contributed by atoms with Gasteiger partial charge in [-0.15, -0.1) is 10.6 Å². The van der Waals surface area contributed by atoms with Gasteiger partial charge in [0.25, 0.3) is 0 Å². The first-order valence-corrected chi connectivity index (χ1v) is 8.70. The van der Waals surface area contributed by atoms with Crippen LogP contribution in [0, 0.1) is 0 Å². The fourth-order valence-electron chi connectivity index (χ4n) is 1.08. The van der Waals surface area contributed by atoms with Crippen molar-refractivity contribution >= 4 is 30.2 Å². The fraction of sp³-hybridized carbons (Fsp3) is 0.500. The van der Waals surface area contributed by atoms with Gasteiger partial charge >= 0.3 is 0 Å². The highest BCUT2D eigenvalue weighted by Crippen LogP contribution is 1.81. The van der Waals surface area contributed by atoms with Crippen LogP contribution in [0.5, 0.6) is 0 Å². The van der Waals surface area contributed by atoms with Gasteiger partial charge in [-0.2, -0.15) is 0 Å². The largest absolute Gasteiger partial charge is 0.419 e. The molecule has 83 valence electrons. The third-order valence-electron chi connectivity index (χ3n) is 1.89. The van der Waals surface area contributed by atoms with Crippen LogP contribution in [0.15, 0.2) is 30.3 Å². The number of hydrogen-bond acceptors (Lipinski definition) is 1. The zero-order valence-corrected chi connectivity index (χ0v) is 12.8. The molecule has 0 N–H and O–H groups in total. The van der Waals surface area contributed by atoms with Gasteiger partial charge in [0.05, 0.1) is 0 Å². The van der Waals surface area contributed by atoms with E-state index in [0.717, 1.165) is 21.8 Å². The smallest absolute Gasteiger partial charge is 0.198 e. The summed E-state index contributed by atoms with van der Waals surface area (Å²) in [5.41, 5.74) is 0. The topological polar surface area (TPSA) is 9.23 Å². The van der Waals surface area contributed by atoms with Crippen LogP contribution in [-0.2, 0) is 4.43 Å². The molecular weight excluding hydrogens is 215 g/mol. The Morgan fingerprint density at radius 2 is 1.67 bits per heavy atom. The van der Waals surface area contributed by atoms with Crippen molar-refractivity contribution in [1.29, 1.82) is 0 Å². The molecule has 0 atom stereocenters. The number of hydrogen-bond donors (Lipinski definition) is 0. The van der Waals surface area contributed by atoms with Crippen molar-refractivity contribution in [2.75, 3.05) is 6.61 Å². The van der Waals surface area contributed by atoms with Gasteiger partial charge in [-0.3, -0.25) is 0 Å². The Hall–Kier alpha value is -0.0706. The molecule has 0 unspecified atom stereocenters. The van der Waals surface area contributed by atoms with E-state index in [1.807, 2.05) is 13.0 Å². The summed E-state index contributed by atoms with van der Waals surface area (Å²) in [5, 5.41) is 4.23. The predicted molar refractivity (Wildman–Crippen MR) is 73.0 cm³/mol. The molecule has 1 rings (SSSR count). The normalized spacial score (nSPS) is 9.80. The first kappa shape index (κ1) is 14.9. The van der Waals surface area contributed by atoms with Crippen LogP contribution in [0.4, 0.5) is 0 Å². The Morgan fingerprint density at radius 3 is 2.07 bits per heavy atom. The summed E-state index contributed by atoms with van der Waals surface area (Å²) in [7, 11) is -0.411. The molecule has 0 heterocycles. The van der Waals surface area contributed by atoms with Gasteiger partial charge in [0.1, 0.15) is 0 Å². The van der Waals surface area contributed by atoms with Gasteiger partial charge in [0, 0.05) is 6.61 Å². The standard InChI is InChI=1S/C8H12OSi.2C2H5.Al/c1-2-9-10-8-6-4-3-5-7-8;2*1-2;/h3-7H,2,10H2,1H3;2*1H2,2H3;. The van der Waals surface area contributed by atoms with E-state index in [1.54, 1.807) is 0 Å². The molecule has 0 aromatic heterocycles. The van der Waals surface area contributed by atoms with E-state index in [-0.39, 0.29) is 0 Å². The van der Waals surface area contributed by atoms with E-state index in [9.17, 15) is 0 Å². The van der Waals surface area contributed by atoms with E-state index in [2.05, 4.69) is 38.1 Å². The van der Waals surface area contributed by atoms with E-state index in [0.29, 0.717) is 0 Å². The Balaban J connectivity index is 0.000000336. The first-order chi connectivity index (χ1) is 7.35. The molecule has 1 nitrogen and oxygen atoms in total. The molecule has 0 amide bonds. The van der Waals surface area contributed by atoms with Gasteiger partial charge in [-0.1, -0.05) is 44.2 Å². The Kier molecular flexibility index (Phi) is 11.9. The van der Waals surface area contributed by atoms with E-state index < -0.39 is 9.76 Å². The second kappa shape index (κ2) is 12.0. The molecule has 0 fully saturated rings. The number of benzene rings is 1. The maximum Gasteiger partial charge on any atom is 0.198 e. The van der Waals surface area contributed by atoms with Crippen molar-refractivity contribution in [2.24, 2.45) is 0 Å². The summed E-state index contributed by atoms with van der Waals surface area (Å²) in [6.07, 6.45) is 0. The van der Waals surface area contributed by atoms with Crippen molar-refractivity contribution in [3.63, 3.8) is 0 Å². The summed E-state index contributed by atoms with van der Waals surface area (Å²) in [4.78, 5) is 0. The molecule has 0 aliphatic carbocycles. The molecule has 3 heteroatoms. The zero-order valence-electron chi connectivity index (χ0n) is 10.2. The van der Waals surface area contributed by atoms with Crippen LogP contribution in [0.2, 0.25) is 10.6 Å². The quantitative estimate of drug-likeness (QED) is 0.712. The van der Waals surface area contributed by atoms with E-state index >= 15 is 0 Å². The van der Waals surface area contributed by atoms with Crippen molar-refractivity contribution in [3.8, 4) is 0 Å². The van der Waals surface area contributed by atoms with Crippen LogP contribution < -0.4 is 5.19 Å². The summed E-state index contributed by atoms with van der Waals surface area (Å²) in [6.45, 7) is 7.38. The van der Waals surface area contributed by atoms with Gasteiger partial charge in [0.2, 0.25) is 0 Å². The molecular formula is C12H22AlOSi. The van der Waals surface area contributed by atoms with Crippen LogP contribution in [0.25, 0.3) is 0 Å². The van der Waals surface area contributed by atoms with Crippen molar-refractivity contribution in [2.45, 2.75) is 31.3 Å². The average Bonchev–Trinajstić information content (AvgIpc) is 2.30. The number of rotatable bonds is 5. The van der Waals surface area contributed by atoms with Gasteiger partial charge in [-0.05, 0) is 12.1 Å². The third kappa shape index (κ3) is 10.2. The minimum absolute atomic E-state index is 0.411. The predicted octanol–water partition coefficient (Wildman–Crippen LogP) is 2.00. The lowest BCUT2D eigenvalue weighted by Gasteiger charge is -1.98. The molecule has 1 aromatic carbocycles. The molecule has 15 heavy (non-hydrogen) atoms. The fourth-order valence-corrected chi connectivity index (χ4v) is 2.56. The first-order valence-electron chi connectivity index (χ1n) is 5.78. The molecule has 0 saturated heterocycles. The molecule has 0 aliphatic rings. The maximum atomic E-state index is 5.36. The minimum atomic E-state index is -0.411. The van der Waals surface area contributed by atoms with Crippen molar-refractivity contribution in [1.82, 2.24) is 0 Å². The summed E-state index contributed by atoms with van der Waals surface area (Å²) in [6, 6.07) is 10.4. The SMILES string of the molecule is CCO[SiH2]c1ccccc1.C[CH2][Al][CH2]C. The van der Waals surface area contributed by atoms with Gasteiger partial charge in [0.15, 0.2) is 25.0 Å². The molecule has 1 radical (unpaired) electrons. The van der Waals surface area contributed by atoms with Gasteiger partial charge in [-0.25, -0.2) is 0 Å². The lowest BCUT2D eigenvalue weighted by molar-refractivity contribution is 0.367. The summed E-state index contributed by atoms with van der Waals surface area (Å²) >= 11 is 0.815. The summed E-state index contributed by atoms with van der Waals surface area (Å²) < 4.78 is 5.36. The highest BCUT2D eigenvalue weighted by molar-refractivity contribution is 6.46. The van der Waals surface area contributed by atoms with E-state index in [4.69, 9.17) is 4.43 Å². The zero-order chi connectivity index (χ0) is 11.4. The second-order valence-electron chi connectivity index (χ2n) is 3.23. The molecule has 0 bridgehead atoms. The van der Waals surface area contributed by atoms with Crippen LogP contribution in [0.1, 0.15) is 20.8 Å². The van der Waals surface area contributed by atoms with E-state index in [1.165, 1.54) is 15.8 Å². The van der Waals surface area contributed by atoms with Gasteiger partial charge < -0.3 is 4.43 Å². The molecule has 1 aromatic rings. The molecule has 0 spiro atoms. The highest BCUT2D eigenvalue weighted by atomic mass is 28.2.